The van der Waals surface area contributed by atoms with E-state index in [1.54, 1.807) is 12.1 Å². The Morgan fingerprint density at radius 1 is 1.27 bits per heavy atom. The summed E-state index contributed by atoms with van der Waals surface area (Å²) in [4.78, 5) is 13.8. The van der Waals surface area contributed by atoms with Gasteiger partial charge in [0.1, 0.15) is 0 Å². The fraction of sp³-hybridized carbons (Fsp3) is 0.222. The first-order valence-corrected chi connectivity index (χ1v) is 11.1. The third kappa shape index (κ3) is 3.00. The highest BCUT2D eigenvalue weighted by molar-refractivity contribution is 7.91. The summed E-state index contributed by atoms with van der Waals surface area (Å²) >= 11 is 7.69. The predicted octanol–water partition coefficient (Wildman–Crippen LogP) is 4.57. The number of carbonyl (C=O) groups is 1. The van der Waals surface area contributed by atoms with Gasteiger partial charge in [-0.1, -0.05) is 22.8 Å². The van der Waals surface area contributed by atoms with Crippen molar-refractivity contribution >= 4 is 38.6 Å². The van der Waals surface area contributed by atoms with Crippen molar-refractivity contribution in [2.24, 2.45) is 0 Å². The highest BCUT2D eigenvalue weighted by atomic mass is 35.5. The van der Waals surface area contributed by atoms with Crippen LogP contribution in [0.1, 0.15) is 40.4 Å². The van der Waals surface area contributed by atoms with Crippen molar-refractivity contribution in [2.75, 3.05) is 6.26 Å². The summed E-state index contributed by atoms with van der Waals surface area (Å²) in [6.45, 7) is 0. The molecule has 8 heteroatoms. The van der Waals surface area contributed by atoms with Crippen LogP contribution in [0.4, 0.5) is 0 Å². The first-order valence-electron chi connectivity index (χ1n) is 7.93. The Balaban J connectivity index is 1.96. The third-order valence-corrected chi connectivity index (χ3v) is 6.65. The Labute approximate surface area is 159 Å². The quantitative estimate of drug-likeness (QED) is 0.579. The Morgan fingerprint density at radius 2 is 2.04 bits per heavy atom. The molecule has 2 heterocycles. The molecule has 3 aromatic rings. The van der Waals surface area contributed by atoms with E-state index in [0.717, 1.165) is 19.1 Å². The number of ketones is 1. The maximum atomic E-state index is 13.2. The predicted molar refractivity (Wildman–Crippen MR) is 99.8 cm³/mol. The molecule has 1 aromatic carbocycles. The van der Waals surface area contributed by atoms with Gasteiger partial charge in [-0.3, -0.25) is 4.79 Å². The Kier molecular flexibility index (Phi) is 4.25. The minimum Gasteiger partial charge on any atom is -0.360 e. The van der Waals surface area contributed by atoms with Crippen LogP contribution in [-0.2, 0) is 9.84 Å². The molecule has 0 spiro atoms. The molecule has 0 amide bonds. The van der Waals surface area contributed by atoms with E-state index in [1.165, 1.54) is 23.6 Å². The summed E-state index contributed by atoms with van der Waals surface area (Å²) < 4.78 is 30.4. The summed E-state index contributed by atoms with van der Waals surface area (Å²) in [7, 11) is -3.72. The molecule has 1 aliphatic carbocycles. The summed E-state index contributed by atoms with van der Waals surface area (Å²) in [6.07, 6.45) is 4.33. The van der Waals surface area contributed by atoms with E-state index < -0.39 is 15.6 Å². The van der Waals surface area contributed by atoms with E-state index in [1.807, 2.05) is 11.4 Å². The minimum atomic E-state index is -3.72. The summed E-state index contributed by atoms with van der Waals surface area (Å²) in [5, 5.41) is 5.86. The van der Waals surface area contributed by atoms with Crippen molar-refractivity contribution in [3.63, 3.8) is 0 Å². The number of hydrogen-bond donors (Lipinski definition) is 0. The first-order chi connectivity index (χ1) is 12.4. The van der Waals surface area contributed by atoms with E-state index in [4.69, 9.17) is 16.1 Å². The average molecular weight is 408 g/mol. The molecular formula is C18H14ClNO4S2. The number of benzene rings is 1. The van der Waals surface area contributed by atoms with Gasteiger partial charge in [-0.15, -0.1) is 11.3 Å². The van der Waals surface area contributed by atoms with Crippen LogP contribution in [0.3, 0.4) is 0 Å². The maximum absolute atomic E-state index is 13.2. The second-order valence-corrected chi connectivity index (χ2v) is 9.56. The molecule has 0 aliphatic heterocycles. The molecule has 0 radical (unpaired) electrons. The van der Waals surface area contributed by atoms with Gasteiger partial charge < -0.3 is 4.52 Å². The summed E-state index contributed by atoms with van der Waals surface area (Å²) in [5.74, 6) is 0.298. The molecule has 0 bridgehead atoms. The van der Waals surface area contributed by atoms with Crippen LogP contribution in [0.2, 0.25) is 5.02 Å². The van der Waals surface area contributed by atoms with Crippen LogP contribution in [-0.4, -0.2) is 25.6 Å². The molecule has 4 rings (SSSR count). The summed E-state index contributed by atoms with van der Waals surface area (Å²) in [5.41, 5.74) is 0.765. The highest BCUT2D eigenvalue weighted by Crippen LogP contribution is 2.43. The highest BCUT2D eigenvalue weighted by Gasteiger charge is 2.34. The van der Waals surface area contributed by atoms with E-state index in [-0.39, 0.29) is 21.4 Å². The number of aromatic nitrogens is 1. The van der Waals surface area contributed by atoms with Gasteiger partial charge in [0.15, 0.2) is 21.4 Å². The van der Waals surface area contributed by atoms with Crippen LogP contribution >= 0.6 is 22.9 Å². The maximum Gasteiger partial charge on any atom is 0.199 e. The number of rotatable bonds is 5. The standard InChI is InChI=1S/C18H14ClNO4S2/c1-26(22,23)18-11(6-7-13(19)15(18)14-3-2-8-25-14)16(21)12-9-20-24-17(12)10-4-5-10/h2-3,6-10H,4-5H2,1H3. The fourth-order valence-corrected chi connectivity index (χ4v) is 5.35. The third-order valence-electron chi connectivity index (χ3n) is 4.28. The number of sulfone groups is 1. The normalized spacial score (nSPS) is 14.5. The zero-order valence-electron chi connectivity index (χ0n) is 13.7. The largest absolute Gasteiger partial charge is 0.360 e. The number of halogens is 1. The van der Waals surface area contributed by atoms with E-state index in [0.29, 0.717) is 21.8 Å². The van der Waals surface area contributed by atoms with E-state index in [9.17, 15) is 13.2 Å². The molecule has 0 atom stereocenters. The molecule has 26 heavy (non-hydrogen) atoms. The Bertz CT molecular complexity index is 1100. The lowest BCUT2D eigenvalue weighted by molar-refractivity contribution is 0.103. The zero-order chi connectivity index (χ0) is 18.5. The van der Waals surface area contributed by atoms with Gasteiger partial charge in [-0.05, 0) is 36.4 Å². The van der Waals surface area contributed by atoms with Crippen molar-refractivity contribution in [3.05, 3.63) is 57.8 Å². The van der Waals surface area contributed by atoms with Crippen LogP contribution in [0.25, 0.3) is 10.4 Å². The van der Waals surface area contributed by atoms with Crippen molar-refractivity contribution in [1.29, 1.82) is 0 Å². The van der Waals surface area contributed by atoms with Crippen molar-refractivity contribution in [2.45, 2.75) is 23.7 Å². The molecule has 5 nitrogen and oxygen atoms in total. The van der Waals surface area contributed by atoms with Gasteiger partial charge >= 0.3 is 0 Å². The van der Waals surface area contributed by atoms with Crippen LogP contribution in [0, 0.1) is 0 Å². The van der Waals surface area contributed by atoms with Crippen molar-refractivity contribution in [3.8, 4) is 10.4 Å². The first kappa shape index (κ1) is 17.5. The lowest BCUT2D eigenvalue weighted by Gasteiger charge is -2.13. The van der Waals surface area contributed by atoms with Gasteiger partial charge in [0.25, 0.3) is 0 Å². The number of nitrogens with zero attached hydrogens (tertiary/aromatic N) is 1. The average Bonchev–Trinajstić information content (AvgIpc) is 3.10. The van der Waals surface area contributed by atoms with Crippen molar-refractivity contribution in [1.82, 2.24) is 5.16 Å². The van der Waals surface area contributed by atoms with Gasteiger partial charge in [0, 0.05) is 28.2 Å². The van der Waals surface area contributed by atoms with Crippen LogP contribution in [0.15, 0.2) is 45.3 Å². The van der Waals surface area contributed by atoms with Gasteiger partial charge in [0.2, 0.25) is 0 Å². The molecule has 0 saturated heterocycles. The molecular weight excluding hydrogens is 394 g/mol. The Morgan fingerprint density at radius 3 is 2.65 bits per heavy atom. The van der Waals surface area contributed by atoms with E-state index >= 15 is 0 Å². The van der Waals surface area contributed by atoms with Gasteiger partial charge in [-0.25, -0.2) is 8.42 Å². The molecule has 2 aromatic heterocycles. The molecule has 0 unspecified atom stereocenters. The lowest BCUT2D eigenvalue weighted by atomic mass is 10.00. The van der Waals surface area contributed by atoms with Gasteiger partial charge in [0.05, 0.1) is 21.7 Å². The second kappa shape index (κ2) is 6.33. The smallest absolute Gasteiger partial charge is 0.199 e. The Hall–Kier alpha value is -1.96. The molecule has 1 fully saturated rings. The molecule has 134 valence electrons. The molecule has 1 saturated carbocycles. The second-order valence-electron chi connectivity index (χ2n) is 6.26. The van der Waals surface area contributed by atoms with E-state index in [2.05, 4.69) is 5.16 Å². The lowest BCUT2D eigenvalue weighted by Crippen LogP contribution is -2.12. The number of thiophene rings is 1. The van der Waals surface area contributed by atoms with Gasteiger partial charge in [-0.2, -0.15) is 0 Å². The van der Waals surface area contributed by atoms with Crippen molar-refractivity contribution < 1.29 is 17.7 Å². The SMILES string of the molecule is CS(=O)(=O)c1c(C(=O)c2cnoc2C2CC2)ccc(Cl)c1-c1cccs1. The molecule has 1 aliphatic rings. The summed E-state index contributed by atoms with van der Waals surface area (Å²) in [6, 6.07) is 6.61. The minimum absolute atomic E-state index is 0.0552. The zero-order valence-corrected chi connectivity index (χ0v) is 16.1. The van der Waals surface area contributed by atoms with Crippen LogP contribution in [0.5, 0.6) is 0 Å². The van der Waals surface area contributed by atoms with Crippen LogP contribution < -0.4 is 0 Å². The fourth-order valence-electron chi connectivity index (χ4n) is 2.98. The number of hydrogen-bond acceptors (Lipinski definition) is 6. The monoisotopic (exact) mass is 407 g/mol. The number of carbonyl (C=O) groups excluding carboxylic acids is 1. The topological polar surface area (TPSA) is 77.2 Å². The molecule has 0 N–H and O–H groups in total.